The van der Waals surface area contributed by atoms with Gasteiger partial charge in [0.25, 0.3) is 0 Å². The first kappa shape index (κ1) is 16.4. The molecule has 1 saturated heterocycles. The van der Waals surface area contributed by atoms with E-state index in [-0.39, 0.29) is 25.2 Å². The Morgan fingerprint density at radius 1 is 1.55 bits per heavy atom. The first-order valence-electron chi connectivity index (χ1n) is 6.31. The van der Waals surface area contributed by atoms with Crippen LogP contribution < -0.4 is 4.72 Å². The number of carboxylic acids is 1. The smallest absolute Gasteiger partial charge is 0.305 e. The van der Waals surface area contributed by atoms with Crippen LogP contribution in [-0.4, -0.2) is 38.2 Å². The number of carboxylic acid groups (broad SMARTS) is 1. The minimum atomic E-state index is -4.19. The minimum absolute atomic E-state index is 0.0817. The number of ether oxygens (including phenoxy) is 1. The van der Waals surface area contributed by atoms with Crippen molar-refractivity contribution in [2.24, 2.45) is 0 Å². The predicted molar refractivity (Wildman–Crippen MR) is 71.9 cm³/mol. The topological polar surface area (TPSA) is 116 Å². The van der Waals surface area contributed by atoms with E-state index in [4.69, 9.17) is 15.1 Å². The third-order valence-electron chi connectivity index (χ3n) is 3.30. The maximum absolute atomic E-state index is 13.1. The molecule has 1 aliphatic rings. The van der Waals surface area contributed by atoms with E-state index in [1.807, 2.05) is 0 Å². The van der Waals surface area contributed by atoms with Gasteiger partial charge in [-0.15, -0.1) is 0 Å². The van der Waals surface area contributed by atoms with Crippen molar-refractivity contribution in [1.82, 2.24) is 4.72 Å². The molecule has 1 fully saturated rings. The van der Waals surface area contributed by atoms with Crippen LogP contribution in [0, 0.1) is 17.1 Å². The SMILES string of the molecule is N#Cc1cc(F)ccc1S(=O)(=O)NC1(CC(=O)O)CCOC1. The van der Waals surface area contributed by atoms with Gasteiger partial charge in [-0.2, -0.15) is 5.26 Å². The second-order valence-electron chi connectivity index (χ2n) is 5.01. The molecule has 2 rings (SSSR count). The normalized spacial score (nSPS) is 21.5. The Morgan fingerprint density at radius 2 is 2.27 bits per heavy atom. The zero-order chi connectivity index (χ0) is 16.4. The van der Waals surface area contributed by atoms with Crippen molar-refractivity contribution < 1.29 is 27.4 Å². The number of aliphatic carboxylic acids is 1. The molecule has 1 heterocycles. The molecule has 1 aromatic carbocycles. The number of nitrogens with one attached hydrogen (secondary N) is 1. The zero-order valence-corrected chi connectivity index (χ0v) is 12.2. The maximum atomic E-state index is 13.1. The van der Waals surface area contributed by atoms with Crippen molar-refractivity contribution in [3.05, 3.63) is 29.6 Å². The van der Waals surface area contributed by atoms with Gasteiger partial charge in [0.15, 0.2) is 0 Å². The lowest BCUT2D eigenvalue weighted by Gasteiger charge is -2.26. The molecule has 0 bridgehead atoms. The molecule has 9 heteroatoms. The first-order chi connectivity index (χ1) is 10.3. The zero-order valence-electron chi connectivity index (χ0n) is 11.4. The van der Waals surface area contributed by atoms with Crippen LogP contribution in [0.5, 0.6) is 0 Å². The number of nitriles is 1. The Balaban J connectivity index is 2.38. The van der Waals surface area contributed by atoms with E-state index < -0.39 is 38.7 Å². The number of nitrogens with zero attached hydrogens (tertiary/aromatic N) is 1. The Morgan fingerprint density at radius 3 is 2.82 bits per heavy atom. The summed E-state index contributed by atoms with van der Waals surface area (Å²) in [6, 6.07) is 4.32. The molecule has 0 amide bonds. The third kappa shape index (κ3) is 3.41. The lowest BCUT2D eigenvalue weighted by Crippen LogP contribution is -2.50. The first-order valence-corrected chi connectivity index (χ1v) is 7.79. The fraction of sp³-hybridized carbons (Fsp3) is 0.385. The van der Waals surface area contributed by atoms with Gasteiger partial charge in [0.1, 0.15) is 11.9 Å². The summed E-state index contributed by atoms with van der Waals surface area (Å²) in [5.74, 6) is -1.91. The largest absolute Gasteiger partial charge is 0.481 e. The van der Waals surface area contributed by atoms with Gasteiger partial charge < -0.3 is 9.84 Å². The summed E-state index contributed by atoms with van der Waals surface area (Å²) >= 11 is 0. The highest BCUT2D eigenvalue weighted by molar-refractivity contribution is 7.89. The van der Waals surface area contributed by atoms with Crippen LogP contribution in [0.2, 0.25) is 0 Å². The summed E-state index contributed by atoms with van der Waals surface area (Å²) in [4.78, 5) is 10.6. The van der Waals surface area contributed by atoms with Crippen LogP contribution in [0.3, 0.4) is 0 Å². The molecule has 0 saturated carbocycles. The monoisotopic (exact) mass is 328 g/mol. The molecule has 118 valence electrons. The molecular weight excluding hydrogens is 315 g/mol. The molecular formula is C13H13FN2O5S. The number of halogens is 1. The van der Waals surface area contributed by atoms with Crippen LogP contribution in [0.4, 0.5) is 4.39 Å². The van der Waals surface area contributed by atoms with Crippen molar-refractivity contribution in [3.63, 3.8) is 0 Å². The Labute approximate surface area is 126 Å². The minimum Gasteiger partial charge on any atom is -0.481 e. The van der Waals surface area contributed by atoms with E-state index in [9.17, 15) is 17.6 Å². The molecule has 1 unspecified atom stereocenters. The highest BCUT2D eigenvalue weighted by atomic mass is 32.2. The van der Waals surface area contributed by atoms with Gasteiger partial charge in [-0.1, -0.05) is 0 Å². The molecule has 1 aromatic rings. The highest BCUT2D eigenvalue weighted by Gasteiger charge is 2.41. The van der Waals surface area contributed by atoms with Gasteiger partial charge in [-0.05, 0) is 24.6 Å². The fourth-order valence-corrected chi connectivity index (χ4v) is 3.87. The van der Waals surface area contributed by atoms with Crippen molar-refractivity contribution in [3.8, 4) is 6.07 Å². The molecule has 22 heavy (non-hydrogen) atoms. The van der Waals surface area contributed by atoms with Gasteiger partial charge >= 0.3 is 5.97 Å². The fourth-order valence-electron chi connectivity index (χ4n) is 2.32. The highest BCUT2D eigenvalue weighted by Crippen LogP contribution is 2.26. The van der Waals surface area contributed by atoms with Crippen LogP contribution in [0.25, 0.3) is 0 Å². The van der Waals surface area contributed by atoms with Crippen LogP contribution in [0.15, 0.2) is 23.1 Å². The molecule has 7 nitrogen and oxygen atoms in total. The average molecular weight is 328 g/mol. The van der Waals surface area contributed by atoms with E-state index in [2.05, 4.69) is 4.72 Å². The van der Waals surface area contributed by atoms with Crippen molar-refractivity contribution in [2.45, 2.75) is 23.3 Å². The number of benzene rings is 1. The van der Waals surface area contributed by atoms with E-state index in [1.54, 1.807) is 6.07 Å². The van der Waals surface area contributed by atoms with Gasteiger partial charge in [-0.25, -0.2) is 17.5 Å². The Hall–Kier alpha value is -2.02. The van der Waals surface area contributed by atoms with Gasteiger partial charge in [0, 0.05) is 6.61 Å². The number of hydrogen-bond acceptors (Lipinski definition) is 5. The third-order valence-corrected chi connectivity index (χ3v) is 4.93. The number of carbonyl (C=O) groups is 1. The standard InChI is InChI=1S/C13H13FN2O5S/c14-10-1-2-11(9(5-10)7-15)22(19,20)16-13(6-12(17)18)3-4-21-8-13/h1-2,5,16H,3-4,6,8H2,(H,17,18). The lowest BCUT2D eigenvalue weighted by atomic mass is 9.96. The summed E-state index contributed by atoms with van der Waals surface area (Å²) in [6.45, 7) is 0.145. The van der Waals surface area contributed by atoms with Gasteiger partial charge in [0.05, 0.1) is 29.0 Å². The molecule has 2 N–H and O–H groups in total. The Bertz CT molecular complexity index is 735. The lowest BCUT2D eigenvalue weighted by molar-refractivity contribution is -0.138. The van der Waals surface area contributed by atoms with E-state index in [0.717, 1.165) is 18.2 Å². The molecule has 1 aliphatic heterocycles. The van der Waals surface area contributed by atoms with Crippen LogP contribution >= 0.6 is 0 Å². The molecule has 0 aliphatic carbocycles. The maximum Gasteiger partial charge on any atom is 0.305 e. The van der Waals surface area contributed by atoms with Crippen LogP contribution in [0.1, 0.15) is 18.4 Å². The summed E-state index contributed by atoms with van der Waals surface area (Å²) in [5.41, 5.74) is -1.62. The summed E-state index contributed by atoms with van der Waals surface area (Å²) in [7, 11) is -4.19. The van der Waals surface area contributed by atoms with E-state index in [0.29, 0.717) is 0 Å². The van der Waals surface area contributed by atoms with Gasteiger partial charge in [-0.3, -0.25) is 4.79 Å². The van der Waals surface area contributed by atoms with E-state index >= 15 is 0 Å². The van der Waals surface area contributed by atoms with Crippen molar-refractivity contribution >= 4 is 16.0 Å². The van der Waals surface area contributed by atoms with Crippen LogP contribution in [-0.2, 0) is 19.6 Å². The van der Waals surface area contributed by atoms with Crippen molar-refractivity contribution in [2.75, 3.05) is 13.2 Å². The van der Waals surface area contributed by atoms with E-state index in [1.165, 1.54) is 0 Å². The summed E-state index contributed by atoms with van der Waals surface area (Å²) in [6.07, 6.45) is -0.253. The second-order valence-corrected chi connectivity index (χ2v) is 6.66. The van der Waals surface area contributed by atoms with Crippen molar-refractivity contribution in [1.29, 1.82) is 5.26 Å². The van der Waals surface area contributed by atoms with Gasteiger partial charge in [0.2, 0.25) is 10.0 Å². The average Bonchev–Trinajstić information content (AvgIpc) is 2.84. The summed E-state index contributed by atoms with van der Waals surface area (Å²) < 4.78 is 45.4. The Kier molecular flexibility index (Phi) is 4.46. The predicted octanol–water partition coefficient (Wildman–Crippen LogP) is 0.609. The molecule has 1 atom stereocenters. The quantitative estimate of drug-likeness (QED) is 0.818. The molecule has 0 aromatic heterocycles. The summed E-state index contributed by atoms with van der Waals surface area (Å²) in [5, 5.41) is 17.9. The number of hydrogen-bond donors (Lipinski definition) is 2. The second kappa shape index (κ2) is 6.00. The molecule has 0 spiro atoms. The number of sulfonamides is 1. The molecule has 0 radical (unpaired) electrons. The number of rotatable bonds is 5.